The molecule has 0 aliphatic carbocycles. The van der Waals surface area contributed by atoms with Crippen molar-refractivity contribution < 1.29 is 14.3 Å². The lowest BCUT2D eigenvalue weighted by Crippen LogP contribution is -2.41. The Labute approximate surface area is 154 Å². The molecule has 1 aliphatic rings. The fraction of sp³-hybridized carbons (Fsp3) is 0.438. The Morgan fingerprint density at radius 1 is 1.12 bits per heavy atom. The summed E-state index contributed by atoms with van der Waals surface area (Å²) in [5.41, 5.74) is 6.20. The molecular weight excluding hydrogens is 360 g/mol. The van der Waals surface area contributed by atoms with Crippen molar-refractivity contribution in [2.45, 2.75) is 20.8 Å². The van der Waals surface area contributed by atoms with E-state index in [1.165, 1.54) is 11.3 Å². The number of hydrogen-bond donors (Lipinski definition) is 2. The molecule has 25 heavy (non-hydrogen) atoms. The lowest BCUT2D eigenvalue weighted by molar-refractivity contribution is 0.0848. The van der Waals surface area contributed by atoms with Crippen molar-refractivity contribution in [3.05, 3.63) is 32.0 Å². The van der Waals surface area contributed by atoms with Gasteiger partial charge in [0.25, 0.3) is 11.8 Å². The number of morpholine rings is 1. The predicted molar refractivity (Wildman–Crippen MR) is 98.6 cm³/mol. The fourth-order valence-electron chi connectivity index (χ4n) is 2.58. The number of hydrogen-bond acceptors (Lipinski definition) is 7. The molecule has 0 bridgehead atoms. The molecule has 2 aromatic heterocycles. The Hall–Kier alpha value is -1.97. The lowest BCUT2D eigenvalue weighted by atomic mass is 10.2. The zero-order chi connectivity index (χ0) is 18.0. The smallest absolute Gasteiger partial charge is 0.281 e. The van der Waals surface area contributed by atoms with Gasteiger partial charge in [0, 0.05) is 22.8 Å². The molecule has 9 heteroatoms. The van der Waals surface area contributed by atoms with Crippen LogP contribution in [0, 0.1) is 20.8 Å². The van der Waals surface area contributed by atoms with E-state index in [-0.39, 0.29) is 11.8 Å². The number of carbonyl (C=O) groups is 2. The number of nitrogens with one attached hydrogen (secondary N) is 2. The molecule has 1 aliphatic heterocycles. The van der Waals surface area contributed by atoms with Crippen molar-refractivity contribution in [1.82, 2.24) is 15.8 Å². The molecule has 2 amide bonds. The minimum absolute atomic E-state index is 0.314. The normalized spacial score (nSPS) is 14.4. The number of hydrazine groups is 1. The maximum Gasteiger partial charge on any atom is 0.281 e. The van der Waals surface area contributed by atoms with Crippen molar-refractivity contribution in [2.24, 2.45) is 0 Å². The summed E-state index contributed by atoms with van der Waals surface area (Å²) in [5, 5.41) is 0.807. The first-order valence-corrected chi connectivity index (χ1v) is 9.57. The van der Waals surface area contributed by atoms with Gasteiger partial charge in [-0.2, -0.15) is 0 Å². The number of amides is 2. The molecule has 0 aromatic carbocycles. The number of anilines is 1. The molecule has 134 valence electrons. The van der Waals surface area contributed by atoms with E-state index in [2.05, 4.69) is 20.7 Å². The van der Waals surface area contributed by atoms with Crippen LogP contribution >= 0.6 is 22.7 Å². The molecule has 3 rings (SSSR count). The Morgan fingerprint density at radius 3 is 2.44 bits per heavy atom. The second-order valence-corrected chi connectivity index (χ2v) is 8.18. The first-order valence-electron chi connectivity index (χ1n) is 7.93. The van der Waals surface area contributed by atoms with Gasteiger partial charge in [0.15, 0.2) is 5.13 Å². The van der Waals surface area contributed by atoms with Gasteiger partial charge in [0.05, 0.1) is 24.5 Å². The van der Waals surface area contributed by atoms with Crippen molar-refractivity contribution in [3.63, 3.8) is 0 Å². The molecule has 2 N–H and O–H groups in total. The first kappa shape index (κ1) is 17.8. The molecule has 0 spiro atoms. The monoisotopic (exact) mass is 380 g/mol. The zero-order valence-electron chi connectivity index (χ0n) is 14.3. The van der Waals surface area contributed by atoms with E-state index in [9.17, 15) is 9.59 Å². The quantitative estimate of drug-likeness (QED) is 0.796. The number of carbonyl (C=O) groups excluding carboxylic acids is 2. The molecule has 3 heterocycles. The topological polar surface area (TPSA) is 83.6 Å². The van der Waals surface area contributed by atoms with Crippen molar-refractivity contribution in [3.8, 4) is 0 Å². The fourth-order valence-corrected chi connectivity index (χ4v) is 4.51. The summed E-state index contributed by atoms with van der Waals surface area (Å²) < 4.78 is 5.33. The average molecular weight is 380 g/mol. The summed E-state index contributed by atoms with van der Waals surface area (Å²) in [6.45, 7) is 8.48. The second kappa shape index (κ2) is 7.51. The van der Waals surface area contributed by atoms with Crippen LogP contribution in [0.5, 0.6) is 0 Å². The van der Waals surface area contributed by atoms with Crippen LogP contribution in [0.2, 0.25) is 0 Å². The Bertz CT molecular complexity index is 793. The van der Waals surface area contributed by atoms with Gasteiger partial charge in [-0.25, -0.2) is 4.98 Å². The van der Waals surface area contributed by atoms with Gasteiger partial charge in [-0.1, -0.05) is 11.3 Å². The SMILES string of the molecule is Cc1cc(C(=O)NNC(=O)c2sc(N3CCOCC3)nc2C)c(C)s1. The van der Waals surface area contributed by atoms with Crippen molar-refractivity contribution >= 4 is 39.6 Å². The van der Waals surface area contributed by atoms with Crippen LogP contribution in [0.3, 0.4) is 0 Å². The number of nitrogens with zero attached hydrogens (tertiary/aromatic N) is 2. The average Bonchev–Trinajstić information content (AvgIpc) is 3.15. The van der Waals surface area contributed by atoms with Gasteiger partial charge in [-0.15, -0.1) is 11.3 Å². The maximum absolute atomic E-state index is 12.4. The number of aromatic nitrogens is 1. The van der Waals surface area contributed by atoms with Crippen LogP contribution in [0.4, 0.5) is 5.13 Å². The molecule has 0 atom stereocenters. The van der Waals surface area contributed by atoms with Crippen LogP contribution in [0.1, 0.15) is 35.5 Å². The van der Waals surface area contributed by atoms with Crippen LogP contribution in [0.25, 0.3) is 0 Å². The molecule has 2 aromatic rings. The van der Waals surface area contributed by atoms with E-state index in [0.717, 1.165) is 28.0 Å². The molecule has 0 saturated carbocycles. The third-order valence-corrected chi connectivity index (χ3v) is 6.03. The molecule has 1 saturated heterocycles. The van der Waals surface area contributed by atoms with E-state index in [0.29, 0.717) is 29.3 Å². The number of ether oxygens (including phenoxy) is 1. The Kier molecular flexibility index (Phi) is 5.36. The van der Waals surface area contributed by atoms with Crippen LogP contribution < -0.4 is 15.8 Å². The minimum Gasteiger partial charge on any atom is -0.378 e. The van der Waals surface area contributed by atoms with Crippen LogP contribution in [0.15, 0.2) is 6.07 Å². The van der Waals surface area contributed by atoms with Gasteiger partial charge in [0.1, 0.15) is 4.88 Å². The third kappa shape index (κ3) is 4.00. The van der Waals surface area contributed by atoms with Gasteiger partial charge in [-0.05, 0) is 26.8 Å². The second-order valence-electron chi connectivity index (χ2n) is 5.75. The number of thiazole rings is 1. The summed E-state index contributed by atoms with van der Waals surface area (Å²) in [6, 6.07) is 1.82. The summed E-state index contributed by atoms with van der Waals surface area (Å²) >= 11 is 2.88. The maximum atomic E-state index is 12.4. The zero-order valence-corrected chi connectivity index (χ0v) is 16.0. The highest BCUT2D eigenvalue weighted by molar-refractivity contribution is 7.17. The Morgan fingerprint density at radius 2 is 1.80 bits per heavy atom. The standard InChI is InChI=1S/C16H20N4O3S2/c1-9-8-12(11(3)24-9)14(21)18-19-15(22)13-10(2)17-16(25-13)20-4-6-23-7-5-20/h8H,4-7H2,1-3H3,(H,18,21)(H,19,22). The molecule has 7 nitrogen and oxygen atoms in total. The van der Waals surface area contributed by atoms with Crippen molar-refractivity contribution in [1.29, 1.82) is 0 Å². The van der Waals surface area contributed by atoms with Gasteiger partial charge in [-0.3, -0.25) is 20.4 Å². The number of thiophene rings is 1. The molecule has 1 fully saturated rings. The van der Waals surface area contributed by atoms with E-state index in [1.807, 2.05) is 19.9 Å². The van der Waals surface area contributed by atoms with Crippen molar-refractivity contribution in [2.75, 3.05) is 31.2 Å². The minimum atomic E-state index is -0.354. The van der Waals surface area contributed by atoms with Gasteiger partial charge >= 0.3 is 0 Å². The Balaban J connectivity index is 1.64. The molecular formula is C16H20N4O3S2. The number of aryl methyl sites for hydroxylation is 3. The summed E-state index contributed by atoms with van der Waals surface area (Å²) in [5.74, 6) is -0.668. The van der Waals surface area contributed by atoms with Crippen LogP contribution in [-0.2, 0) is 4.74 Å². The third-order valence-electron chi connectivity index (χ3n) is 3.85. The van der Waals surface area contributed by atoms with E-state index < -0.39 is 0 Å². The molecule has 0 radical (unpaired) electrons. The highest BCUT2D eigenvalue weighted by Gasteiger charge is 2.21. The first-order chi connectivity index (χ1) is 12.0. The summed E-state index contributed by atoms with van der Waals surface area (Å²) in [6.07, 6.45) is 0. The van der Waals surface area contributed by atoms with Gasteiger partial charge < -0.3 is 9.64 Å². The number of rotatable bonds is 3. The van der Waals surface area contributed by atoms with Crippen LogP contribution in [-0.4, -0.2) is 43.1 Å². The highest BCUT2D eigenvalue weighted by atomic mass is 32.1. The summed E-state index contributed by atoms with van der Waals surface area (Å²) in [7, 11) is 0. The van der Waals surface area contributed by atoms with E-state index >= 15 is 0 Å². The predicted octanol–water partition coefficient (Wildman–Crippen LogP) is 2.04. The lowest BCUT2D eigenvalue weighted by Gasteiger charge is -2.25. The highest BCUT2D eigenvalue weighted by Crippen LogP contribution is 2.26. The largest absolute Gasteiger partial charge is 0.378 e. The molecule has 0 unspecified atom stereocenters. The summed E-state index contributed by atoms with van der Waals surface area (Å²) in [4.78, 5) is 33.7. The van der Waals surface area contributed by atoms with E-state index in [1.54, 1.807) is 18.3 Å². The van der Waals surface area contributed by atoms with E-state index in [4.69, 9.17) is 4.74 Å². The van der Waals surface area contributed by atoms with Gasteiger partial charge in [0.2, 0.25) is 0 Å².